The van der Waals surface area contributed by atoms with Gasteiger partial charge in [-0.2, -0.15) is 0 Å². The fourth-order valence-electron chi connectivity index (χ4n) is 0.748. The van der Waals surface area contributed by atoms with Crippen LogP contribution in [0.15, 0.2) is 0 Å². The Balaban J connectivity index is 3.96. The van der Waals surface area contributed by atoms with Crippen molar-refractivity contribution < 1.29 is 34.4 Å². The Morgan fingerprint density at radius 2 is 1.71 bits per heavy atom. The number of carbonyl (C=O) groups is 3. The number of aliphatic carboxylic acids is 2. The molecule has 0 heterocycles. The molecule has 0 saturated carbocycles. The van der Waals surface area contributed by atoms with Crippen molar-refractivity contribution in [2.45, 2.75) is 12.8 Å². The maximum Gasteiger partial charge on any atom is 0.505 e. The molecule has 0 aliphatic carbocycles. The van der Waals surface area contributed by atoms with Gasteiger partial charge in [-0.05, 0) is 6.42 Å². The monoisotopic (exact) mass is 206 g/mol. The highest BCUT2D eigenvalue weighted by atomic mass is 16.7. The van der Waals surface area contributed by atoms with Crippen LogP contribution in [0.2, 0.25) is 0 Å². The fourth-order valence-corrected chi connectivity index (χ4v) is 0.748. The minimum atomic E-state index is -1.58. The molecule has 0 amide bonds. The van der Waals surface area contributed by atoms with Gasteiger partial charge in [-0.25, -0.2) is 4.79 Å². The molecule has 0 aromatic carbocycles. The normalized spacial score (nSPS) is 11.7. The van der Waals surface area contributed by atoms with Gasteiger partial charge in [0.1, 0.15) is 6.61 Å². The molecule has 7 nitrogen and oxygen atoms in total. The lowest BCUT2D eigenvalue weighted by molar-refractivity contribution is -0.144. The molecular weight excluding hydrogens is 196 g/mol. The van der Waals surface area contributed by atoms with Gasteiger partial charge >= 0.3 is 18.1 Å². The molecule has 0 saturated heterocycles. The third kappa shape index (κ3) is 5.81. The highest BCUT2D eigenvalue weighted by Crippen LogP contribution is 2.07. The zero-order valence-corrected chi connectivity index (χ0v) is 7.17. The van der Waals surface area contributed by atoms with Crippen LogP contribution in [-0.4, -0.2) is 40.0 Å². The molecule has 80 valence electrons. The molecule has 0 rings (SSSR count). The van der Waals surface area contributed by atoms with Gasteiger partial charge < -0.3 is 20.1 Å². The molecule has 1 unspecified atom stereocenters. The molecule has 0 aliphatic rings. The molecular formula is C7H10O7. The molecule has 7 heteroatoms. The summed E-state index contributed by atoms with van der Waals surface area (Å²) in [4.78, 5) is 30.5. The molecule has 14 heavy (non-hydrogen) atoms. The van der Waals surface area contributed by atoms with Crippen LogP contribution < -0.4 is 0 Å². The van der Waals surface area contributed by atoms with E-state index in [0.717, 1.165) is 0 Å². The average Bonchev–Trinajstić information content (AvgIpc) is 2.02. The average molecular weight is 206 g/mol. The molecule has 0 spiro atoms. The number of carboxylic acids is 2. The summed E-state index contributed by atoms with van der Waals surface area (Å²) in [5, 5.41) is 24.9. The summed E-state index contributed by atoms with van der Waals surface area (Å²) in [5.41, 5.74) is 0. The summed E-state index contributed by atoms with van der Waals surface area (Å²) in [7, 11) is 0. The predicted molar refractivity (Wildman–Crippen MR) is 42.0 cm³/mol. The Morgan fingerprint density at radius 1 is 1.14 bits per heavy atom. The van der Waals surface area contributed by atoms with Crippen LogP contribution in [0, 0.1) is 5.92 Å². The maximum absolute atomic E-state index is 10.5. The lowest BCUT2D eigenvalue weighted by Gasteiger charge is -2.09. The van der Waals surface area contributed by atoms with Crippen LogP contribution in [0.5, 0.6) is 0 Å². The van der Waals surface area contributed by atoms with Gasteiger partial charge in [0.25, 0.3) is 0 Å². The van der Waals surface area contributed by atoms with Gasteiger partial charge in [-0.1, -0.05) is 0 Å². The Bertz CT molecular complexity index is 216. The smallest absolute Gasteiger partial charge is 0.481 e. The van der Waals surface area contributed by atoms with Crippen molar-refractivity contribution in [3.63, 3.8) is 0 Å². The summed E-state index contributed by atoms with van der Waals surface area (Å²) in [6, 6.07) is 0. The Morgan fingerprint density at radius 3 is 2.07 bits per heavy atom. The first-order chi connectivity index (χ1) is 6.43. The largest absolute Gasteiger partial charge is 0.505 e. The SMILES string of the molecule is O=C(O)CCC(COC(=O)O)C(=O)O. The summed E-state index contributed by atoms with van der Waals surface area (Å²) >= 11 is 0. The zero-order chi connectivity index (χ0) is 11.1. The minimum absolute atomic E-state index is 0.155. The van der Waals surface area contributed by atoms with Crippen LogP contribution >= 0.6 is 0 Å². The first-order valence-corrected chi connectivity index (χ1v) is 3.73. The number of hydrogen-bond acceptors (Lipinski definition) is 4. The molecule has 0 aliphatic heterocycles. The highest BCUT2D eigenvalue weighted by molar-refractivity contribution is 5.72. The Hall–Kier alpha value is -1.79. The first-order valence-electron chi connectivity index (χ1n) is 3.73. The van der Waals surface area contributed by atoms with Crippen molar-refractivity contribution in [2.75, 3.05) is 6.61 Å². The summed E-state index contributed by atoms with van der Waals surface area (Å²) < 4.78 is 4.04. The van der Waals surface area contributed by atoms with E-state index in [1.165, 1.54) is 0 Å². The Kier molecular flexibility index (Phi) is 5.05. The van der Waals surface area contributed by atoms with E-state index in [9.17, 15) is 14.4 Å². The molecule has 3 N–H and O–H groups in total. The minimum Gasteiger partial charge on any atom is -0.481 e. The van der Waals surface area contributed by atoms with Crippen molar-refractivity contribution in [1.82, 2.24) is 0 Å². The van der Waals surface area contributed by atoms with Crippen molar-refractivity contribution in [3.05, 3.63) is 0 Å². The van der Waals surface area contributed by atoms with E-state index in [0.29, 0.717) is 0 Å². The lowest BCUT2D eigenvalue weighted by Crippen LogP contribution is -2.22. The van der Waals surface area contributed by atoms with Crippen LogP contribution in [0.4, 0.5) is 4.79 Å². The topological polar surface area (TPSA) is 121 Å². The van der Waals surface area contributed by atoms with Crippen molar-refractivity contribution >= 4 is 18.1 Å². The van der Waals surface area contributed by atoms with E-state index in [2.05, 4.69) is 4.74 Å². The van der Waals surface area contributed by atoms with Gasteiger partial charge in [0.15, 0.2) is 0 Å². The second-order valence-corrected chi connectivity index (χ2v) is 2.54. The van der Waals surface area contributed by atoms with E-state index < -0.39 is 30.6 Å². The summed E-state index contributed by atoms with van der Waals surface area (Å²) in [5.74, 6) is -3.51. The number of rotatable bonds is 6. The van der Waals surface area contributed by atoms with Gasteiger partial charge in [0.05, 0.1) is 5.92 Å². The molecule has 0 radical (unpaired) electrons. The highest BCUT2D eigenvalue weighted by Gasteiger charge is 2.20. The summed E-state index contributed by atoms with van der Waals surface area (Å²) in [6.45, 7) is -0.530. The Labute approximate surface area is 78.9 Å². The predicted octanol–water partition coefficient (Wildman–Crippen LogP) is 0.247. The van der Waals surface area contributed by atoms with Gasteiger partial charge in [0.2, 0.25) is 0 Å². The van der Waals surface area contributed by atoms with E-state index in [1.807, 2.05) is 0 Å². The van der Waals surface area contributed by atoms with Crippen molar-refractivity contribution in [2.24, 2.45) is 5.92 Å². The quantitative estimate of drug-likeness (QED) is 0.532. The molecule has 0 fully saturated rings. The number of carboxylic acid groups (broad SMARTS) is 3. The second kappa shape index (κ2) is 5.79. The van der Waals surface area contributed by atoms with E-state index in [1.54, 1.807) is 0 Å². The van der Waals surface area contributed by atoms with Crippen molar-refractivity contribution in [3.8, 4) is 0 Å². The fraction of sp³-hybridized carbons (Fsp3) is 0.571. The number of ether oxygens (including phenoxy) is 1. The van der Waals surface area contributed by atoms with Gasteiger partial charge in [-0.15, -0.1) is 0 Å². The number of hydrogen-bond donors (Lipinski definition) is 3. The van der Waals surface area contributed by atoms with E-state index in [4.69, 9.17) is 15.3 Å². The van der Waals surface area contributed by atoms with Gasteiger partial charge in [-0.3, -0.25) is 9.59 Å². The maximum atomic E-state index is 10.5. The van der Waals surface area contributed by atoms with E-state index >= 15 is 0 Å². The first kappa shape index (κ1) is 12.2. The van der Waals surface area contributed by atoms with Crippen LogP contribution in [0.25, 0.3) is 0 Å². The standard InChI is InChI=1S/C7H10O7/c8-5(9)2-1-4(6(10)11)3-14-7(12)13/h4H,1-3H2,(H,8,9)(H,10,11)(H,12,13). The van der Waals surface area contributed by atoms with Crippen LogP contribution in [0.1, 0.15) is 12.8 Å². The van der Waals surface area contributed by atoms with Crippen LogP contribution in [-0.2, 0) is 14.3 Å². The van der Waals surface area contributed by atoms with Crippen molar-refractivity contribution in [1.29, 1.82) is 0 Å². The third-order valence-electron chi connectivity index (χ3n) is 1.46. The third-order valence-corrected chi connectivity index (χ3v) is 1.46. The zero-order valence-electron chi connectivity index (χ0n) is 7.17. The van der Waals surface area contributed by atoms with E-state index in [-0.39, 0.29) is 12.8 Å². The van der Waals surface area contributed by atoms with Crippen LogP contribution in [0.3, 0.4) is 0 Å². The molecule has 0 bridgehead atoms. The molecule has 0 aromatic rings. The van der Waals surface area contributed by atoms with Gasteiger partial charge in [0, 0.05) is 6.42 Å². The summed E-state index contributed by atoms with van der Waals surface area (Å²) in [6.07, 6.45) is -2.07. The lowest BCUT2D eigenvalue weighted by atomic mass is 10.1. The second-order valence-electron chi connectivity index (χ2n) is 2.54. The molecule has 0 aromatic heterocycles. The molecule has 1 atom stereocenters.